The van der Waals surface area contributed by atoms with Gasteiger partial charge in [-0.3, -0.25) is 4.79 Å². The number of carbonyl (C=O) groups is 1. The second-order valence-electron chi connectivity index (χ2n) is 6.14. The third-order valence-corrected chi connectivity index (χ3v) is 4.77. The molecule has 0 spiro atoms. The van der Waals surface area contributed by atoms with Gasteiger partial charge in [0.1, 0.15) is 5.82 Å². The average molecular weight is 343 g/mol. The lowest BCUT2D eigenvalue weighted by atomic mass is 10.0. The number of fused-ring (bicyclic) bond motifs is 3. The van der Waals surface area contributed by atoms with Crippen LogP contribution in [0.2, 0.25) is 5.02 Å². The maximum atomic E-state index is 13.3. The zero-order valence-corrected chi connectivity index (χ0v) is 13.7. The fourth-order valence-corrected chi connectivity index (χ4v) is 3.51. The molecule has 1 aromatic heterocycles. The van der Waals surface area contributed by atoms with Crippen molar-refractivity contribution < 1.29 is 9.18 Å². The normalized spacial score (nSPS) is 14.0. The highest BCUT2D eigenvalue weighted by Crippen LogP contribution is 2.29. The number of nitrogens with zero attached hydrogens (tertiary/aromatic N) is 1. The summed E-state index contributed by atoms with van der Waals surface area (Å²) in [5.41, 5.74) is 4.03. The van der Waals surface area contributed by atoms with Gasteiger partial charge in [-0.25, -0.2) is 4.39 Å². The first-order valence-corrected chi connectivity index (χ1v) is 8.29. The molecule has 2 aromatic carbocycles. The molecular formula is C19H16ClFN2O. The molecule has 0 saturated heterocycles. The highest BCUT2D eigenvalue weighted by molar-refractivity contribution is 6.31. The van der Waals surface area contributed by atoms with Crippen LogP contribution < -0.4 is 0 Å². The van der Waals surface area contributed by atoms with E-state index in [9.17, 15) is 9.18 Å². The molecule has 0 bridgehead atoms. The van der Waals surface area contributed by atoms with Gasteiger partial charge in [-0.15, -0.1) is 0 Å². The third-order valence-electron chi connectivity index (χ3n) is 4.53. The van der Waals surface area contributed by atoms with E-state index in [4.69, 9.17) is 11.6 Å². The molecule has 4 rings (SSSR count). The van der Waals surface area contributed by atoms with Gasteiger partial charge in [-0.2, -0.15) is 0 Å². The Morgan fingerprint density at radius 3 is 2.96 bits per heavy atom. The fourth-order valence-electron chi connectivity index (χ4n) is 3.34. The van der Waals surface area contributed by atoms with Crippen molar-refractivity contribution >= 4 is 28.4 Å². The van der Waals surface area contributed by atoms with Gasteiger partial charge in [0.05, 0.1) is 6.42 Å². The average Bonchev–Trinajstić information content (AvgIpc) is 2.91. The van der Waals surface area contributed by atoms with Crippen molar-refractivity contribution in [2.75, 3.05) is 6.54 Å². The van der Waals surface area contributed by atoms with Crippen molar-refractivity contribution in [3.8, 4) is 0 Å². The summed E-state index contributed by atoms with van der Waals surface area (Å²) in [5, 5.41) is 1.80. The van der Waals surface area contributed by atoms with E-state index in [1.165, 1.54) is 17.8 Å². The molecule has 1 aliphatic heterocycles. The van der Waals surface area contributed by atoms with Crippen molar-refractivity contribution in [2.24, 2.45) is 0 Å². The van der Waals surface area contributed by atoms with E-state index in [0.29, 0.717) is 23.7 Å². The SMILES string of the molecule is O=C(Cc1cccc(F)c1)N1CCc2[nH]c3cc(Cl)ccc3c2C1. The Hall–Kier alpha value is -2.33. The Morgan fingerprint density at radius 2 is 2.12 bits per heavy atom. The van der Waals surface area contributed by atoms with Gasteiger partial charge in [-0.05, 0) is 29.8 Å². The van der Waals surface area contributed by atoms with Gasteiger partial charge in [0.2, 0.25) is 5.91 Å². The smallest absolute Gasteiger partial charge is 0.227 e. The number of H-pyrrole nitrogens is 1. The standard InChI is InChI=1S/C19H16ClFN2O/c20-13-4-5-15-16-11-23(7-6-17(16)22-18(15)10-13)19(24)9-12-2-1-3-14(21)8-12/h1-5,8,10,22H,6-7,9,11H2. The van der Waals surface area contributed by atoms with E-state index in [-0.39, 0.29) is 18.1 Å². The van der Waals surface area contributed by atoms with Crippen LogP contribution in [0.3, 0.4) is 0 Å². The van der Waals surface area contributed by atoms with Gasteiger partial charge in [0, 0.05) is 46.7 Å². The summed E-state index contributed by atoms with van der Waals surface area (Å²) < 4.78 is 13.3. The minimum Gasteiger partial charge on any atom is -0.358 e. The van der Waals surface area contributed by atoms with Gasteiger partial charge >= 0.3 is 0 Å². The van der Waals surface area contributed by atoms with E-state index in [2.05, 4.69) is 4.98 Å². The summed E-state index contributed by atoms with van der Waals surface area (Å²) in [6.45, 7) is 1.24. The molecule has 0 fully saturated rings. The summed E-state index contributed by atoms with van der Waals surface area (Å²) in [4.78, 5) is 17.8. The molecule has 5 heteroatoms. The molecule has 0 unspecified atom stereocenters. The number of benzene rings is 2. The van der Waals surface area contributed by atoms with Crippen molar-refractivity contribution in [1.29, 1.82) is 0 Å². The van der Waals surface area contributed by atoms with Crippen molar-refractivity contribution in [3.63, 3.8) is 0 Å². The highest BCUT2D eigenvalue weighted by atomic mass is 35.5. The molecule has 0 radical (unpaired) electrons. The second kappa shape index (κ2) is 5.95. The first kappa shape index (κ1) is 15.2. The van der Waals surface area contributed by atoms with Crippen LogP contribution in [0.5, 0.6) is 0 Å². The zero-order valence-electron chi connectivity index (χ0n) is 13.0. The van der Waals surface area contributed by atoms with E-state index in [1.54, 1.807) is 12.1 Å². The number of rotatable bonds is 2. The summed E-state index contributed by atoms with van der Waals surface area (Å²) in [6.07, 6.45) is 1.01. The topological polar surface area (TPSA) is 36.1 Å². The van der Waals surface area contributed by atoms with Crippen molar-refractivity contribution in [3.05, 3.63) is 70.1 Å². The molecule has 0 atom stereocenters. The Kier molecular flexibility index (Phi) is 3.77. The fraction of sp³-hybridized carbons (Fsp3) is 0.211. The Bertz CT molecular complexity index is 934. The highest BCUT2D eigenvalue weighted by Gasteiger charge is 2.24. The van der Waals surface area contributed by atoms with Crippen molar-refractivity contribution in [1.82, 2.24) is 9.88 Å². The quantitative estimate of drug-likeness (QED) is 0.748. The van der Waals surface area contributed by atoms with Crippen LogP contribution in [0, 0.1) is 5.82 Å². The first-order valence-electron chi connectivity index (χ1n) is 7.91. The Morgan fingerprint density at radius 1 is 1.25 bits per heavy atom. The van der Waals surface area contributed by atoms with Crippen LogP contribution in [0.4, 0.5) is 4.39 Å². The van der Waals surface area contributed by atoms with Gasteiger partial charge in [0.15, 0.2) is 0 Å². The molecule has 1 N–H and O–H groups in total. The minimum absolute atomic E-state index is 0.0227. The van der Waals surface area contributed by atoms with E-state index in [1.807, 2.05) is 23.1 Å². The third kappa shape index (κ3) is 2.78. The van der Waals surface area contributed by atoms with Crippen LogP contribution in [-0.4, -0.2) is 22.3 Å². The predicted molar refractivity (Wildman–Crippen MR) is 92.5 cm³/mol. The number of hydrogen-bond donors (Lipinski definition) is 1. The molecule has 1 aliphatic rings. The van der Waals surface area contributed by atoms with E-state index >= 15 is 0 Å². The van der Waals surface area contributed by atoms with E-state index < -0.39 is 0 Å². The molecule has 0 saturated carbocycles. The molecule has 122 valence electrons. The van der Waals surface area contributed by atoms with Gasteiger partial charge < -0.3 is 9.88 Å². The lowest BCUT2D eigenvalue weighted by molar-refractivity contribution is -0.131. The van der Waals surface area contributed by atoms with Crippen LogP contribution in [0.25, 0.3) is 10.9 Å². The molecular weight excluding hydrogens is 327 g/mol. The number of nitrogens with one attached hydrogen (secondary N) is 1. The predicted octanol–water partition coefficient (Wildman–Crippen LogP) is 4.09. The second-order valence-corrected chi connectivity index (χ2v) is 6.58. The Labute approximate surface area is 144 Å². The molecule has 24 heavy (non-hydrogen) atoms. The number of aromatic nitrogens is 1. The van der Waals surface area contributed by atoms with Gasteiger partial charge in [-0.1, -0.05) is 29.8 Å². The van der Waals surface area contributed by atoms with Gasteiger partial charge in [0.25, 0.3) is 0 Å². The monoisotopic (exact) mass is 342 g/mol. The number of amides is 1. The molecule has 3 aromatic rings. The number of halogens is 2. The summed E-state index contributed by atoms with van der Waals surface area (Å²) >= 11 is 6.05. The minimum atomic E-state index is -0.310. The number of aromatic amines is 1. The molecule has 3 nitrogen and oxygen atoms in total. The van der Waals surface area contributed by atoms with Crippen molar-refractivity contribution in [2.45, 2.75) is 19.4 Å². The van der Waals surface area contributed by atoms with Crippen LogP contribution >= 0.6 is 11.6 Å². The largest absolute Gasteiger partial charge is 0.358 e. The molecule has 0 aliphatic carbocycles. The zero-order chi connectivity index (χ0) is 16.7. The number of carbonyl (C=O) groups excluding carboxylic acids is 1. The Balaban J connectivity index is 1.57. The molecule has 2 heterocycles. The lowest BCUT2D eigenvalue weighted by Crippen LogP contribution is -2.36. The van der Waals surface area contributed by atoms with Crippen LogP contribution in [0.1, 0.15) is 16.8 Å². The van der Waals surface area contributed by atoms with Crippen LogP contribution in [0.15, 0.2) is 42.5 Å². The first-order chi connectivity index (χ1) is 11.6. The van der Waals surface area contributed by atoms with Crippen LogP contribution in [-0.2, 0) is 24.2 Å². The maximum absolute atomic E-state index is 13.3. The maximum Gasteiger partial charge on any atom is 0.227 e. The summed E-state index contributed by atoms with van der Waals surface area (Å²) in [5.74, 6) is -0.288. The van der Waals surface area contributed by atoms with E-state index in [0.717, 1.165) is 22.9 Å². The molecule has 1 amide bonds. The summed E-state index contributed by atoms with van der Waals surface area (Å²) in [6, 6.07) is 12.0. The number of hydrogen-bond acceptors (Lipinski definition) is 1. The summed E-state index contributed by atoms with van der Waals surface area (Å²) in [7, 11) is 0. The lowest BCUT2D eigenvalue weighted by Gasteiger charge is -2.27.